The zero-order valence-corrected chi connectivity index (χ0v) is 11.9. The van der Waals surface area contributed by atoms with E-state index < -0.39 is 0 Å². The molecule has 1 aromatic heterocycles. The average molecular weight is 264 g/mol. The van der Waals surface area contributed by atoms with Crippen molar-refractivity contribution in [3.05, 3.63) is 18.2 Å². The molecular formula is C14H24N4O. The molecule has 1 unspecified atom stereocenters. The monoisotopic (exact) mass is 264 g/mol. The molecule has 5 nitrogen and oxygen atoms in total. The van der Waals surface area contributed by atoms with Gasteiger partial charge in [-0.05, 0) is 25.7 Å². The van der Waals surface area contributed by atoms with E-state index in [1.807, 2.05) is 31.3 Å². The first-order chi connectivity index (χ1) is 9.06. The molecule has 1 amide bonds. The minimum absolute atomic E-state index is 0.0437. The third kappa shape index (κ3) is 3.80. The number of piperidine rings is 1. The SMILES string of the molecule is CC(N)CC(=O)N1CCC(Cc2nccn2C)CC1. The van der Waals surface area contributed by atoms with E-state index in [-0.39, 0.29) is 11.9 Å². The van der Waals surface area contributed by atoms with Crippen LogP contribution in [0.2, 0.25) is 0 Å². The van der Waals surface area contributed by atoms with Crippen molar-refractivity contribution in [2.24, 2.45) is 18.7 Å². The molecule has 19 heavy (non-hydrogen) atoms. The normalized spacial score (nSPS) is 18.6. The van der Waals surface area contributed by atoms with E-state index in [0.29, 0.717) is 12.3 Å². The standard InChI is InChI=1S/C14H24N4O/c1-11(15)9-14(19)18-6-3-12(4-7-18)10-13-16-5-8-17(13)2/h5,8,11-12H,3-4,6-7,9-10,15H2,1-2H3. The molecule has 0 saturated carbocycles. The van der Waals surface area contributed by atoms with Crippen LogP contribution in [-0.2, 0) is 18.3 Å². The molecule has 2 rings (SSSR count). The number of amides is 1. The Labute approximate surface area is 114 Å². The molecule has 0 aliphatic carbocycles. The maximum atomic E-state index is 11.9. The fraction of sp³-hybridized carbons (Fsp3) is 0.714. The van der Waals surface area contributed by atoms with Gasteiger partial charge in [-0.15, -0.1) is 0 Å². The van der Waals surface area contributed by atoms with Crippen LogP contribution >= 0.6 is 0 Å². The Balaban J connectivity index is 1.79. The van der Waals surface area contributed by atoms with Crippen molar-refractivity contribution in [1.82, 2.24) is 14.5 Å². The number of carbonyl (C=O) groups is 1. The number of rotatable bonds is 4. The number of nitrogens with zero attached hydrogens (tertiary/aromatic N) is 3. The van der Waals surface area contributed by atoms with Gasteiger partial charge in [-0.3, -0.25) is 4.79 Å². The van der Waals surface area contributed by atoms with E-state index in [0.717, 1.165) is 38.2 Å². The number of aromatic nitrogens is 2. The Morgan fingerprint density at radius 3 is 2.74 bits per heavy atom. The molecule has 1 saturated heterocycles. The summed E-state index contributed by atoms with van der Waals surface area (Å²) in [6, 6.07) is -0.0437. The molecular weight excluding hydrogens is 240 g/mol. The second-order valence-electron chi connectivity index (χ2n) is 5.66. The first-order valence-corrected chi connectivity index (χ1v) is 7.06. The molecule has 1 atom stereocenters. The minimum atomic E-state index is -0.0437. The van der Waals surface area contributed by atoms with Gasteiger partial charge in [-0.2, -0.15) is 0 Å². The zero-order chi connectivity index (χ0) is 13.8. The van der Waals surface area contributed by atoms with Gasteiger partial charge in [-0.1, -0.05) is 0 Å². The molecule has 1 fully saturated rings. The second-order valence-corrected chi connectivity index (χ2v) is 5.66. The number of hydrogen-bond donors (Lipinski definition) is 1. The Hall–Kier alpha value is -1.36. The van der Waals surface area contributed by atoms with Crippen LogP contribution in [-0.4, -0.2) is 39.5 Å². The van der Waals surface area contributed by atoms with Gasteiger partial charge < -0.3 is 15.2 Å². The Bertz CT molecular complexity index is 419. The van der Waals surface area contributed by atoms with Gasteiger partial charge in [0.15, 0.2) is 0 Å². The van der Waals surface area contributed by atoms with E-state index in [1.54, 1.807) is 0 Å². The zero-order valence-electron chi connectivity index (χ0n) is 11.9. The van der Waals surface area contributed by atoms with Crippen LogP contribution < -0.4 is 5.73 Å². The highest BCUT2D eigenvalue weighted by Crippen LogP contribution is 2.21. The fourth-order valence-electron chi connectivity index (χ4n) is 2.64. The first-order valence-electron chi connectivity index (χ1n) is 7.06. The topological polar surface area (TPSA) is 64.2 Å². The highest BCUT2D eigenvalue weighted by Gasteiger charge is 2.24. The summed E-state index contributed by atoms with van der Waals surface area (Å²) in [6.45, 7) is 3.60. The third-order valence-electron chi connectivity index (χ3n) is 3.86. The van der Waals surface area contributed by atoms with Crippen LogP contribution in [0.3, 0.4) is 0 Å². The summed E-state index contributed by atoms with van der Waals surface area (Å²) in [7, 11) is 2.03. The minimum Gasteiger partial charge on any atom is -0.343 e. The van der Waals surface area contributed by atoms with Crippen molar-refractivity contribution >= 4 is 5.91 Å². The van der Waals surface area contributed by atoms with Gasteiger partial charge in [0, 0.05) is 51.4 Å². The molecule has 106 valence electrons. The molecule has 1 aliphatic heterocycles. The predicted octanol–water partition coefficient (Wildman–Crippen LogP) is 0.938. The van der Waals surface area contributed by atoms with Crippen molar-refractivity contribution in [1.29, 1.82) is 0 Å². The summed E-state index contributed by atoms with van der Waals surface area (Å²) in [4.78, 5) is 18.2. The highest BCUT2D eigenvalue weighted by molar-refractivity contribution is 5.76. The first kappa shape index (κ1) is 14.1. The predicted molar refractivity (Wildman–Crippen MR) is 74.5 cm³/mol. The summed E-state index contributed by atoms with van der Waals surface area (Å²) < 4.78 is 2.08. The fourth-order valence-corrected chi connectivity index (χ4v) is 2.64. The van der Waals surface area contributed by atoms with Gasteiger partial charge >= 0.3 is 0 Å². The Morgan fingerprint density at radius 2 is 2.21 bits per heavy atom. The highest BCUT2D eigenvalue weighted by atomic mass is 16.2. The van der Waals surface area contributed by atoms with Gasteiger partial charge in [0.25, 0.3) is 0 Å². The molecule has 0 bridgehead atoms. The lowest BCUT2D eigenvalue weighted by molar-refractivity contribution is -0.132. The van der Waals surface area contributed by atoms with Crippen molar-refractivity contribution < 1.29 is 4.79 Å². The number of aryl methyl sites for hydroxylation is 1. The number of likely N-dealkylation sites (tertiary alicyclic amines) is 1. The Kier molecular flexibility index (Phi) is 4.58. The molecule has 0 spiro atoms. The second kappa shape index (κ2) is 6.19. The number of carbonyl (C=O) groups excluding carboxylic acids is 1. The molecule has 2 N–H and O–H groups in total. The van der Waals surface area contributed by atoms with Crippen molar-refractivity contribution in [2.75, 3.05) is 13.1 Å². The van der Waals surface area contributed by atoms with Crippen molar-refractivity contribution in [3.8, 4) is 0 Å². The average Bonchev–Trinajstić information content (AvgIpc) is 2.75. The molecule has 0 radical (unpaired) electrons. The quantitative estimate of drug-likeness (QED) is 0.880. The van der Waals surface area contributed by atoms with Crippen LogP contribution in [0.1, 0.15) is 32.0 Å². The summed E-state index contributed by atoms with van der Waals surface area (Å²) in [5, 5.41) is 0. The Morgan fingerprint density at radius 1 is 1.53 bits per heavy atom. The van der Waals surface area contributed by atoms with E-state index in [4.69, 9.17) is 5.73 Å². The van der Waals surface area contributed by atoms with Crippen molar-refractivity contribution in [2.45, 2.75) is 38.6 Å². The summed E-state index contributed by atoms with van der Waals surface area (Å²) in [6.07, 6.45) is 7.44. The van der Waals surface area contributed by atoms with E-state index in [2.05, 4.69) is 9.55 Å². The lowest BCUT2D eigenvalue weighted by Crippen LogP contribution is -2.41. The number of hydrogen-bond acceptors (Lipinski definition) is 3. The lowest BCUT2D eigenvalue weighted by Gasteiger charge is -2.32. The van der Waals surface area contributed by atoms with Gasteiger partial charge in [0.05, 0.1) is 0 Å². The lowest BCUT2D eigenvalue weighted by atomic mass is 9.93. The van der Waals surface area contributed by atoms with E-state index in [1.165, 1.54) is 0 Å². The molecule has 1 aliphatic rings. The summed E-state index contributed by atoms with van der Waals surface area (Å²) >= 11 is 0. The maximum absolute atomic E-state index is 11.9. The maximum Gasteiger partial charge on any atom is 0.224 e. The molecule has 1 aromatic rings. The smallest absolute Gasteiger partial charge is 0.224 e. The third-order valence-corrected chi connectivity index (χ3v) is 3.86. The largest absolute Gasteiger partial charge is 0.343 e. The van der Waals surface area contributed by atoms with Crippen LogP contribution in [0.25, 0.3) is 0 Å². The summed E-state index contributed by atoms with van der Waals surface area (Å²) in [5.41, 5.74) is 5.68. The summed E-state index contributed by atoms with van der Waals surface area (Å²) in [5.74, 6) is 1.98. The van der Waals surface area contributed by atoms with Gasteiger partial charge in [0.2, 0.25) is 5.91 Å². The molecule has 5 heteroatoms. The van der Waals surface area contributed by atoms with Crippen LogP contribution in [0.15, 0.2) is 12.4 Å². The van der Waals surface area contributed by atoms with Crippen LogP contribution in [0.5, 0.6) is 0 Å². The molecule has 0 aromatic carbocycles. The van der Waals surface area contributed by atoms with E-state index >= 15 is 0 Å². The number of nitrogens with two attached hydrogens (primary N) is 1. The van der Waals surface area contributed by atoms with Gasteiger partial charge in [-0.25, -0.2) is 4.98 Å². The van der Waals surface area contributed by atoms with Crippen molar-refractivity contribution in [3.63, 3.8) is 0 Å². The van der Waals surface area contributed by atoms with Crippen LogP contribution in [0, 0.1) is 5.92 Å². The van der Waals surface area contributed by atoms with Crippen LogP contribution in [0.4, 0.5) is 0 Å². The van der Waals surface area contributed by atoms with Gasteiger partial charge in [0.1, 0.15) is 5.82 Å². The number of imidazole rings is 1. The van der Waals surface area contributed by atoms with E-state index in [9.17, 15) is 4.79 Å². The molecule has 2 heterocycles.